The highest BCUT2D eigenvalue weighted by molar-refractivity contribution is 7.80. The maximum atomic E-state index is 11.4. The van der Waals surface area contributed by atoms with Crippen molar-refractivity contribution in [1.82, 2.24) is 5.32 Å². The zero-order chi connectivity index (χ0) is 23.2. The Kier molecular flexibility index (Phi) is 10.4. The second kappa shape index (κ2) is 11.6. The Bertz CT molecular complexity index is 647. The fourth-order valence-corrected chi connectivity index (χ4v) is 2.91. The minimum atomic E-state index is -4.90. The lowest BCUT2D eigenvalue weighted by atomic mass is 9.97. The van der Waals surface area contributed by atoms with Crippen molar-refractivity contribution >= 4 is 16.3 Å². The van der Waals surface area contributed by atoms with Gasteiger partial charge in [0.2, 0.25) is 5.91 Å². The van der Waals surface area contributed by atoms with Gasteiger partial charge >= 0.3 is 10.4 Å². The molecule has 1 aliphatic rings. The first-order valence-electron chi connectivity index (χ1n) is 8.63. The van der Waals surface area contributed by atoms with Crippen molar-refractivity contribution in [3.05, 3.63) is 0 Å². The first kappa shape index (κ1) is 27.0. The number of carbonyl (C=O) groups excluding carboxylic acids is 1. The van der Waals surface area contributed by atoms with Crippen molar-refractivity contribution < 1.29 is 67.2 Å². The van der Waals surface area contributed by atoms with Gasteiger partial charge in [-0.25, -0.2) is 4.18 Å². The van der Waals surface area contributed by atoms with E-state index in [-0.39, 0.29) is 0 Å². The van der Waals surface area contributed by atoms with Crippen LogP contribution in [0.3, 0.4) is 0 Å². The van der Waals surface area contributed by atoms with Crippen molar-refractivity contribution in [1.29, 1.82) is 0 Å². The number of ether oxygens (including phenoxy) is 2. The minimum absolute atomic E-state index is 0.668. The molecule has 9 atom stereocenters. The topological polar surface area (TPSA) is 253 Å². The summed E-state index contributed by atoms with van der Waals surface area (Å²) in [4.78, 5) is 11.4. The molecule has 0 aromatic carbocycles. The van der Waals surface area contributed by atoms with Crippen LogP contribution in [0.15, 0.2) is 0 Å². The molecule has 0 aromatic rings. The molecule has 1 amide bonds. The van der Waals surface area contributed by atoms with Crippen LogP contribution in [-0.4, -0.2) is 130 Å². The van der Waals surface area contributed by atoms with Crippen molar-refractivity contribution in [2.24, 2.45) is 0 Å². The molecule has 0 radical (unpaired) electrons. The minimum Gasteiger partial charge on any atom is -0.394 e. The predicted octanol–water partition coefficient (Wildman–Crippen LogP) is -5.79. The predicted molar refractivity (Wildman–Crippen MR) is 92.8 cm³/mol. The largest absolute Gasteiger partial charge is 0.397 e. The van der Waals surface area contributed by atoms with Gasteiger partial charge in [-0.1, -0.05) is 0 Å². The summed E-state index contributed by atoms with van der Waals surface area (Å²) in [6.07, 6.45) is -14.2. The second-order valence-corrected chi connectivity index (χ2v) is 7.69. The summed E-state index contributed by atoms with van der Waals surface area (Å²) in [6, 6.07) is -1.41. The number of aliphatic hydroxyl groups is 7. The van der Waals surface area contributed by atoms with Crippen LogP contribution in [-0.2, 0) is 28.9 Å². The summed E-state index contributed by atoms with van der Waals surface area (Å²) in [5.41, 5.74) is 0. The van der Waals surface area contributed by atoms with E-state index < -0.39 is 91.2 Å². The average molecular weight is 465 g/mol. The van der Waals surface area contributed by atoms with E-state index >= 15 is 0 Å². The van der Waals surface area contributed by atoms with Gasteiger partial charge < -0.3 is 50.5 Å². The van der Waals surface area contributed by atoms with Gasteiger partial charge in [-0.05, 0) is 0 Å². The van der Waals surface area contributed by atoms with Crippen LogP contribution in [0.5, 0.6) is 0 Å². The molecule has 1 rings (SSSR count). The van der Waals surface area contributed by atoms with Crippen LogP contribution in [0.4, 0.5) is 0 Å². The molecule has 1 saturated heterocycles. The van der Waals surface area contributed by atoms with Crippen LogP contribution in [0.2, 0.25) is 0 Å². The van der Waals surface area contributed by atoms with Crippen molar-refractivity contribution in [2.75, 3.05) is 19.8 Å². The molecule has 0 spiro atoms. The van der Waals surface area contributed by atoms with Gasteiger partial charge in [0.1, 0.15) is 48.8 Å². The first-order chi connectivity index (χ1) is 13.8. The molecule has 178 valence electrons. The molecule has 0 aromatic heterocycles. The Morgan fingerprint density at radius 2 is 1.67 bits per heavy atom. The molecular formula is C14H27NO14S. The van der Waals surface area contributed by atoms with E-state index in [4.69, 9.17) is 19.1 Å². The molecule has 30 heavy (non-hydrogen) atoms. The van der Waals surface area contributed by atoms with Crippen LogP contribution in [0, 0.1) is 0 Å². The summed E-state index contributed by atoms with van der Waals surface area (Å²) in [7, 11) is -4.90. The molecule has 0 aliphatic carbocycles. The second-order valence-electron chi connectivity index (χ2n) is 6.59. The number of amides is 1. The molecule has 1 heterocycles. The Hall–Kier alpha value is -1.02. The monoisotopic (exact) mass is 465 g/mol. The standard InChI is InChI=1S/C14H27NO14S/c1-5(17)15-9-13(23)12(22)8(4-28-30(24,25)26)29-14(9)27-3-7(19)11(21)10(20)6(18)2-16/h6-14,16,18-23H,2-4H2,1H3,(H,15,17)(H,24,25,26)/t6-,7+,8+,9+,10+,11-,12+,13+,14+/m0/s1. The Labute approximate surface area is 171 Å². The summed E-state index contributed by atoms with van der Waals surface area (Å²) < 4.78 is 44.6. The molecule has 9 N–H and O–H groups in total. The number of hydrogen-bond acceptors (Lipinski definition) is 13. The molecule has 0 unspecified atom stereocenters. The molecular weight excluding hydrogens is 438 g/mol. The Morgan fingerprint density at radius 1 is 1.10 bits per heavy atom. The van der Waals surface area contributed by atoms with Gasteiger partial charge in [-0.15, -0.1) is 0 Å². The number of hydrogen-bond donors (Lipinski definition) is 9. The quantitative estimate of drug-likeness (QED) is 0.129. The van der Waals surface area contributed by atoms with E-state index in [1.54, 1.807) is 0 Å². The SMILES string of the molecule is CC(=O)N[C@H]1[C@H](OC[C@@H](O)[C@H](O)[C@H](O)[C@@H](O)CO)O[C@H](COS(=O)(=O)O)[C@@H](O)[C@@H]1O. The van der Waals surface area contributed by atoms with Gasteiger partial charge in [0.15, 0.2) is 6.29 Å². The highest BCUT2D eigenvalue weighted by Crippen LogP contribution is 2.23. The smallest absolute Gasteiger partial charge is 0.394 e. The number of carbonyl (C=O) groups is 1. The fraction of sp³-hybridized carbons (Fsp3) is 0.929. The van der Waals surface area contributed by atoms with E-state index in [0.717, 1.165) is 6.92 Å². The summed E-state index contributed by atoms with van der Waals surface area (Å²) in [5, 5.41) is 69.8. The van der Waals surface area contributed by atoms with E-state index in [2.05, 4.69) is 9.50 Å². The maximum absolute atomic E-state index is 11.4. The zero-order valence-electron chi connectivity index (χ0n) is 15.8. The maximum Gasteiger partial charge on any atom is 0.397 e. The number of nitrogens with one attached hydrogen (secondary N) is 1. The molecule has 15 nitrogen and oxygen atoms in total. The van der Waals surface area contributed by atoms with E-state index in [1.165, 1.54) is 0 Å². The zero-order valence-corrected chi connectivity index (χ0v) is 16.6. The first-order valence-corrected chi connectivity index (χ1v) is 10.00. The normalized spacial score (nSPS) is 31.6. The third kappa shape index (κ3) is 7.91. The molecule has 1 fully saturated rings. The Balaban J connectivity index is 2.87. The van der Waals surface area contributed by atoms with E-state index in [0.29, 0.717) is 0 Å². The van der Waals surface area contributed by atoms with Crippen molar-refractivity contribution in [3.63, 3.8) is 0 Å². The summed E-state index contributed by atoms with van der Waals surface area (Å²) in [6.45, 7) is -1.54. The lowest BCUT2D eigenvalue weighted by Gasteiger charge is -2.42. The number of aliphatic hydroxyl groups excluding tert-OH is 7. The average Bonchev–Trinajstić information content (AvgIpc) is 2.66. The highest BCUT2D eigenvalue weighted by Gasteiger charge is 2.46. The summed E-state index contributed by atoms with van der Waals surface area (Å²) in [5.74, 6) is -0.668. The lowest BCUT2D eigenvalue weighted by molar-refractivity contribution is -0.276. The van der Waals surface area contributed by atoms with Gasteiger partial charge in [0.25, 0.3) is 0 Å². The molecule has 0 saturated carbocycles. The number of rotatable bonds is 11. The van der Waals surface area contributed by atoms with Gasteiger partial charge in [-0.2, -0.15) is 8.42 Å². The summed E-state index contributed by atoms with van der Waals surface area (Å²) >= 11 is 0. The highest BCUT2D eigenvalue weighted by atomic mass is 32.3. The van der Waals surface area contributed by atoms with Crippen LogP contribution in [0.25, 0.3) is 0 Å². The van der Waals surface area contributed by atoms with Crippen LogP contribution in [0.1, 0.15) is 6.92 Å². The third-order valence-electron chi connectivity index (χ3n) is 4.21. The van der Waals surface area contributed by atoms with Crippen LogP contribution < -0.4 is 5.32 Å². The molecule has 1 aliphatic heterocycles. The van der Waals surface area contributed by atoms with Crippen LogP contribution >= 0.6 is 0 Å². The Morgan fingerprint density at radius 3 is 2.17 bits per heavy atom. The lowest BCUT2D eigenvalue weighted by Crippen LogP contribution is -2.65. The van der Waals surface area contributed by atoms with Crippen molar-refractivity contribution in [2.45, 2.75) is 62.0 Å². The van der Waals surface area contributed by atoms with E-state index in [1.807, 2.05) is 0 Å². The van der Waals surface area contributed by atoms with Gasteiger partial charge in [0, 0.05) is 6.92 Å². The van der Waals surface area contributed by atoms with Crippen molar-refractivity contribution in [3.8, 4) is 0 Å². The molecule has 0 bridgehead atoms. The fourth-order valence-electron chi connectivity index (χ4n) is 2.61. The molecule has 16 heteroatoms. The van der Waals surface area contributed by atoms with E-state index in [9.17, 15) is 43.9 Å². The van der Waals surface area contributed by atoms with Gasteiger partial charge in [-0.3, -0.25) is 9.35 Å². The third-order valence-corrected chi connectivity index (χ3v) is 4.64. The van der Waals surface area contributed by atoms with Gasteiger partial charge in [0.05, 0.1) is 19.8 Å².